The van der Waals surface area contributed by atoms with Gasteiger partial charge in [0.05, 0.1) is 12.5 Å². The van der Waals surface area contributed by atoms with E-state index in [-0.39, 0.29) is 38.4 Å². The maximum Gasteiger partial charge on any atom is 0.508 e. The summed E-state index contributed by atoms with van der Waals surface area (Å²) in [7, 11) is 0. The predicted molar refractivity (Wildman–Crippen MR) is 234 cm³/mol. The normalized spacial score (nSPS) is 12.0. The SMILES string of the molecule is CCCCC/C=C\C/C=C\CCCCCCCC(=O)OCC(COC(=O)CCCCCCC/C=C\C/C=C\CCCCC)COC(=O)OCCCN(CC)CC. The van der Waals surface area contributed by atoms with Gasteiger partial charge in [-0.3, -0.25) is 9.59 Å². The number of carbonyl (C=O) groups excluding carboxylic acids is 3. The zero-order chi connectivity index (χ0) is 41.0. The molecule has 0 bridgehead atoms. The fraction of sp³-hybridized carbons (Fsp3) is 0.771. The molecule has 0 radical (unpaired) electrons. The summed E-state index contributed by atoms with van der Waals surface area (Å²) in [6, 6.07) is 0. The summed E-state index contributed by atoms with van der Waals surface area (Å²) < 4.78 is 21.7. The Morgan fingerprint density at radius 2 is 0.839 bits per heavy atom. The standard InChI is InChI=1S/C48H85NO7/c1-5-9-11-13-15-17-19-21-23-25-27-29-31-33-35-38-46(50)54-42-45(44-56-48(52)53-41-37-40-49(7-3)8-4)43-55-47(51)39-36-34-32-30-28-26-24-22-20-18-16-14-12-10-6-2/h15-18,21-24,45H,5-14,19-20,25-44H2,1-4H3/b17-15-,18-16-,23-21-,24-22-. The molecule has 0 aliphatic heterocycles. The first-order valence-electron chi connectivity index (χ1n) is 22.9. The maximum atomic E-state index is 12.5. The smallest absolute Gasteiger partial charge is 0.465 e. The van der Waals surface area contributed by atoms with Gasteiger partial charge in [-0.15, -0.1) is 0 Å². The van der Waals surface area contributed by atoms with Crippen LogP contribution in [0.3, 0.4) is 0 Å². The van der Waals surface area contributed by atoms with Crippen LogP contribution in [0.2, 0.25) is 0 Å². The summed E-state index contributed by atoms with van der Waals surface area (Å²) >= 11 is 0. The largest absolute Gasteiger partial charge is 0.508 e. The number of ether oxygens (including phenoxy) is 4. The molecule has 0 unspecified atom stereocenters. The average molecular weight is 788 g/mol. The molecule has 0 saturated heterocycles. The molecular weight excluding hydrogens is 703 g/mol. The van der Waals surface area contributed by atoms with Crippen LogP contribution < -0.4 is 0 Å². The Kier molecular flexibility index (Phi) is 41.0. The molecule has 0 aromatic rings. The molecule has 324 valence electrons. The van der Waals surface area contributed by atoms with Crippen LogP contribution in [0.4, 0.5) is 4.79 Å². The first-order valence-corrected chi connectivity index (χ1v) is 22.9. The van der Waals surface area contributed by atoms with Crippen molar-refractivity contribution in [1.29, 1.82) is 0 Å². The average Bonchev–Trinajstić information content (AvgIpc) is 3.20. The van der Waals surface area contributed by atoms with Crippen molar-refractivity contribution in [3.05, 3.63) is 48.6 Å². The van der Waals surface area contributed by atoms with Crippen molar-refractivity contribution in [3.63, 3.8) is 0 Å². The fourth-order valence-electron chi connectivity index (χ4n) is 6.08. The molecule has 56 heavy (non-hydrogen) atoms. The van der Waals surface area contributed by atoms with Crippen LogP contribution in [0, 0.1) is 5.92 Å². The second kappa shape index (κ2) is 43.3. The molecule has 0 aromatic carbocycles. The van der Waals surface area contributed by atoms with Crippen LogP contribution in [-0.2, 0) is 28.5 Å². The van der Waals surface area contributed by atoms with Gasteiger partial charge in [-0.2, -0.15) is 0 Å². The second-order valence-electron chi connectivity index (χ2n) is 15.0. The number of hydrogen-bond donors (Lipinski definition) is 0. The maximum absolute atomic E-state index is 12.5. The van der Waals surface area contributed by atoms with Crippen molar-refractivity contribution in [3.8, 4) is 0 Å². The van der Waals surface area contributed by atoms with Crippen molar-refractivity contribution in [2.45, 2.75) is 188 Å². The summed E-state index contributed by atoms with van der Waals surface area (Å²) in [5.74, 6) is -1.02. The Morgan fingerprint density at radius 3 is 1.27 bits per heavy atom. The molecule has 0 amide bonds. The monoisotopic (exact) mass is 788 g/mol. The Bertz CT molecular complexity index is 955. The lowest BCUT2D eigenvalue weighted by Gasteiger charge is -2.18. The van der Waals surface area contributed by atoms with Crippen molar-refractivity contribution < 1.29 is 33.3 Å². The molecule has 8 heteroatoms. The summed E-state index contributed by atoms with van der Waals surface area (Å²) in [4.78, 5) is 39.6. The van der Waals surface area contributed by atoms with Crippen LogP contribution >= 0.6 is 0 Å². The highest BCUT2D eigenvalue weighted by molar-refractivity contribution is 5.69. The Morgan fingerprint density at radius 1 is 0.446 bits per heavy atom. The number of hydrogen-bond acceptors (Lipinski definition) is 8. The minimum atomic E-state index is -0.762. The Hall–Kier alpha value is -2.87. The van der Waals surface area contributed by atoms with Crippen LogP contribution in [0.15, 0.2) is 48.6 Å². The highest BCUT2D eigenvalue weighted by Crippen LogP contribution is 2.12. The topological polar surface area (TPSA) is 91.4 Å². The van der Waals surface area contributed by atoms with Crippen molar-refractivity contribution >= 4 is 18.1 Å². The van der Waals surface area contributed by atoms with E-state index in [2.05, 4.69) is 81.2 Å². The van der Waals surface area contributed by atoms with E-state index >= 15 is 0 Å². The lowest BCUT2D eigenvalue weighted by atomic mass is 10.1. The molecule has 0 N–H and O–H groups in total. The van der Waals surface area contributed by atoms with Gasteiger partial charge < -0.3 is 23.8 Å². The molecule has 0 heterocycles. The second-order valence-corrected chi connectivity index (χ2v) is 15.0. The Labute approximate surface area is 344 Å². The number of rotatable bonds is 40. The number of unbranched alkanes of at least 4 members (excludes halogenated alkanes) is 16. The van der Waals surface area contributed by atoms with Crippen LogP contribution in [0.25, 0.3) is 0 Å². The van der Waals surface area contributed by atoms with Crippen molar-refractivity contribution in [2.24, 2.45) is 5.92 Å². The van der Waals surface area contributed by atoms with Gasteiger partial charge in [-0.25, -0.2) is 4.79 Å². The van der Waals surface area contributed by atoms with Crippen LogP contribution in [0.5, 0.6) is 0 Å². The number of allylic oxidation sites excluding steroid dienone is 8. The van der Waals surface area contributed by atoms with E-state index in [4.69, 9.17) is 18.9 Å². The molecule has 0 rings (SSSR count). The van der Waals surface area contributed by atoms with Gasteiger partial charge in [0.25, 0.3) is 0 Å². The lowest BCUT2D eigenvalue weighted by Crippen LogP contribution is -2.27. The third-order valence-corrected chi connectivity index (χ3v) is 9.79. The van der Waals surface area contributed by atoms with Crippen molar-refractivity contribution in [1.82, 2.24) is 4.90 Å². The van der Waals surface area contributed by atoms with Crippen LogP contribution in [0.1, 0.15) is 188 Å². The first-order chi connectivity index (χ1) is 27.5. The van der Waals surface area contributed by atoms with E-state index in [1.165, 1.54) is 51.4 Å². The first kappa shape index (κ1) is 53.1. The minimum Gasteiger partial charge on any atom is -0.465 e. The van der Waals surface area contributed by atoms with E-state index < -0.39 is 12.1 Å². The fourth-order valence-corrected chi connectivity index (χ4v) is 6.08. The summed E-state index contributed by atoms with van der Waals surface area (Å²) in [5.41, 5.74) is 0. The van der Waals surface area contributed by atoms with Gasteiger partial charge in [0.1, 0.15) is 19.8 Å². The third-order valence-electron chi connectivity index (χ3n) is 9.79. The van der Waals surface area contributed by atoms with E-state index in [1.807, 2.05) is 0 Å². The lowest BCUT2D eigenvalue weighted by molar-refractivity contribution is -0.150. The summed E-state index contributed by atoms with van der Waals surface area (Å²) in [5, 5.41) is 0. The van der Waals surface area contributed by atoms with Crippen LogP contribution in [-0.4, -0.2) is 69.1 Å². The summed E-state index contributed by atoms with van der Waals surface area (Å²) in [6.45, 7) is 11.7. The molecule has 0 aliphatic carbocycles. The number of esters is 2. The zero-order valence-corrected chi connectivity index (χ0v) is 36.6. The molecule has 0 aliphatic rings. The highest BCUT2D eigenvalue weighted by atomic mass is 16.7. The van der Waals surface area contributed by atoms with Crippen molar-refractivity contribution in [2.75, 3.05) is 46.1 Å². The minimum absolute atomic E-state index is 0.0192. The van der Waals surface area contributed by atoms with E-state index in [1.54, 1.807) is 0 Å². The molecule has 0 fully saturated rings. The van der Waals surface area contributed by atoms with E-state index in [0.29, 0.717) is 12.8 Å². The predicted octanol–water partition coefficient (Wildman–Crippen LogP) is 13.2. The summed E-state index contributed by atoms with van der Waals surface area (Å²) in [6.07, 6.45) is 43.5. The molecule has 8 nitrogen and oxygen atoms in total. The number of nitrogens with zero attached hydrogens (tertiary/aromatic N) is 1. The quantitative estimate of drug-likeness (QED) is 0.0262. The van der Waals surface area contributed by atoms with Gasteiger partial charge in [0.2, 0.25) is 0 Å². The molecular formula is C48H85NO7. The molecule has 0 atom stereocenters. The van der Waals surface area contributed by atoms with E-state index in [9.17, 15) is 14.4 Å². The zero-order valence-electron chi connectivity index (χ0n) is 36.6. The van der Waals surface area contributed by atoms with Gasteiger partial charge in [0, 0.05) is 19.4 Å². The molecule has 0 spiro atoms. The highest BCUT2D eigenvalue weighted by Gasteiger charge is 2.18. The van der Waals surface area contributed by atoms with Gasteiger partial charge >= 0.3 is 18.1 Å². The van der Waals surface area contributed by atoms with Gasteiger partial charge in [0.15, 0.2) is 0 Å². The van der Waals surface area contributed by atoms with Gasteiger partial charge in [-0.1, -0.05) is 141 Å². The van der Waals surface area contributed by atoms with Gasteiger partial charge in [-0.05, 0) is 96.6 Å². The third kappa shape index (κ3) is 39.4. The van der Waals surface area contributed by atoms with E-state index in [0.717, 1.165) is 116 Å². The molecule has 0 saturated carbocycles. The Balaban J connectivity index is 4.37. The molecule has 0 aromatic heterocycles. The number of carbonyl (C=O) groups is 3.